The second kappa shape index (κ2) is 9.33. The third-order valence-electron chi connectivity index (χ3n) is 3.50. The normalized spacial score (nSPS) is 11.3. The summed E-state index contributed by atoms with van der Waals surface area (Å²) in [4.78, 5) is 16.3. The van der Waals surface area contributed by atoms with Crippen LogP contribution < -0.4 is 16.6 Å². The smallest absolute Gasteiger partial charge is 0.264 e. The fourth-order valence-corrected chi connectivity index (χ4v) is 3.14. The molecule has 144 valence electrons. The van der Waals surface area contributed by atoms with Gasteiger partial charge in [0.15, 0.2) is 0 Å². The highest BCUT2D eigenvalue weighted by atomic mass is 79.9. The van der Waals surface area contributed by atoms with Gasteiger partial charge in [0, 0.05) is 10.7 Å². The number of anilines is 2. The molecular formula is C17H17BrN8OS. The van der Waals surface area contributed by atoms with E-state index in [4.69, 9.17) is 5.84 Å². The number of carbonyl (C=O) groups excluding carboxylic acids is 1. The van der Waals surface area contributed by atoms with Crippen molar-refractivity contribution in [1.29, 1.82) is 0 Å². The summed E-state index contributed by atoms with van der Waals surface area (Å²) in [7, 11) is 0. The minimum Gasteiger partial charge on any atom is -0.334 e. The molecule has 0 radical (unpaired) electrons. The zero-order chi connectivity index (χ0) is 19.9. The van der Waals surface area contributed by atoms with Crippen LogP contribution in [0.3, 0.4) is 0 Å². The molecule has 28 heavy (non-hydrogen) atoms. The van der Waals surface area contributed by atoms with Gasteiger partial charge in [-0.2, -0.15) is 5.10 Å². The van der Waals surface area contributed by atoms with Crippen LogP contribution in [0.5, 0.6) is 0 Å². The molecule has 3 aromatic rings. The van der Waals surface area contributed by atoms with Crippen molar-refractivity contribution in [2.24, 2.45) is 5.10 Å². The van der Waals surface area contributed by atoms with E-state index in [9.17, 15) is 4.79 Å². The lowest BCUT2D eigenvalue weighted by molar-refractivity contribution is -0.113. The summed E-state index contributed by atoms with van der Waals surface area (Å²) in [5, 5.41) is 15.3. The molecule has 0 saturated heterocycles. The quantitative estimate of drug-likeness (QED) is 0.214. The van der Waals surface area contributed by atoms with Crippen LogP contribution in [0.1, 0.15) is 12.6 Å². The molecule has 0 spiro atoms. The van der Waals surface area contributed by atoms with E-state index in [0.29, 0.717) is 16.6 Å². The van der Waals surface area contributed by atoms with Gasteiger partial charge in [-0.05, 0) is 47.1 Å². The third-order valence-corrected chi connectivity index (χ3v) is 5.14. The van der Waals surface area contributed by atoms with Gasteiger partial charge < -0.3 is 11.2 Å². The lowest BCUT2D eigenvalue weighted by atomic mass is 10.3. The zero-order valence-electron chi connectivity index (χ0n) is 14.8. The lowest BCUT2D eigenvalue weighted by Gasteiger charge is -2.07. The number of nitrogens with two attached hydrogens (primary N) is 1. The first-order chi connectivity index (χ1) is 13.5. The number of rotatable bonds is 7. The van der Waals surface area contributed by atoms with Crippen LogP contribution >= 0.6 is 27.7 Å². The van der Waals surface area contributed by atoms with Gasteiger partial charge in [-0.1, -0.05) is 30.0 Å². The van der Waals surface area contributed by atoms with Crippen molar-refractivity contribution < 1.29 is 4.79 Å². The molecule has 3 rings (SSSR count). The van der Waals surface area contributed by atoms with Crippen LogP contribution in [-0.4, -0.2) is 37.2 Å². The summed E-state index contributed by atoms with van der Waals surface area (Å²) in [6, 6.07) is 12.9. The van der Waals surface area contributed by atoms with E-state index in [2.05, 4.69) is 47.0 Å². The number of thioether (sulfide) groups is 1. The average molecular weight is 461 g/mol. The van der Waals surface area contributed by atoms with Crippen molar-refractivity contribution in [2.75, 3.05) is 22.3 Å². The van der Waals surface area contributed by atoms with Gasteiger partial charge in [-0.25, -0.2) is 10.1 Å². The monoisotopic (exact) mass is 460 g/mol. The molecule has 0 saturated carbocycles. The van der Waals surface area contributed by atoms with Crippen molar-refractivity contribution in [2.45, 2.75) is 12.1 Å². The maximum Gasteiger partial charge on any atom is 0.264 e. The Bertz CT molecular complexity index is 992. The molecule has 0 aliphatic heterocycles. The Morgan fingerprint density at radius 1 is 1.25 bits per heavy atom. The Morgan fingerprint density at radius 2 is 2.04 bits per heavy atom. The fourth-order valence-electron chi connectivity index (χ4n) is 2.10. The average Bonchev–Trinajstić information content (AvgIpc) is 3.06. The summed E-state index contributed by atoms with van der Waals surface area (Å²) in [6.45, 7) is 1.81. The van der Waals surface area contributed by atoms with Gasteiger partial charge in [0.25, 0.3) is 5.95 Å². The molecule has 0 aliphatic rings. The molecule has 0 aliphatic carbocycles. The topological polar surface area (TPSA) is 123 Å². The highest BCUT2D eigenvalue weighted by Gasteiger charge is 2.13. The van der Waals surface area contributed by atoms with Crippen molar-refractivity contribution in [1.82, 2.24) is 19.9 Å². The number of hydrogen-bond acceptors (Lipinski definition) is 8. The third kappa shape index (κ3) is 5.08. The molecule has 2 aromatic heterocycles. The minimum atomic E-state index is -0.182. The highest BCUT2D eigenvalue weighted by Crippen LogP contribution is 2.22. The van der Waals surface area contributed by atoms with E-state index in [1.54, 1.807) is 6.20 Å². The van der Waals surface area contributed by atoms with Crippen molar-refractivity contribution in [3.63, 3.8) is 0 Å². The number of amides is 1. The first-order valence-corrected chi connectivity index (χ1v) is 9.92. The maximum atomic E-state index is 12.1. The molecule has 1 amide bonds. The Kier molecular flexibility index (Phi) is 6.61. The van der Waals surface area contributed by atoms with Crippen molar-refractivity contribution in [3.8, 4) is 0 Å². The first-order valence-electron chi connectivity index (χ1n) is 8.14. The molecule has 2 heterocycles. The number of pyridine rings is 1. The minimum absolute atomic E-state index is 0.132. The van der Waals surface area contributed by atoms with E-state index in [1.165, 1.54) is 16.4 Å². The number of benzene rings is 1. The molecule has 1 aromatic carbocycles. The molecule has 9 nitrogen and oxygen atoms in total. The number of aromatic nitrogens is 4. The Morgan fingerprint density at radius 3 is 2.79 bits per heavy atom. The van der Waals surface area contributed by atoms with Crippen LogP contribution in [0.2, 0.25) is 0 Å². The van der Waals surface area contributed by atoms with Gasteiger partial charge in [-0.15, -0.1) is 10.2 Å². The lowest BCUT2D eigenvalue weighted by Crippen LogP contribution is -2.17. The second-order valence-electron chi connectivity index (χ2n) is 5.52. The summed E-state index contributed by atoms with van der Waals surface area (Å²) >= 11 is 4.56. The number of carbonyl (C=O) groups is 1. The Hall–Kier alpha value is -2.92. The number of hydrazone groups is 1. The van der Waals surface area contributed by atoms with Gasteiger partial charge >= 0.3 is 0 Å². The van der Waals surface area contributed by atoms with Gasteiger partial charge in [0.05, 0.1) is 22.8 Å². The summed E-state index contributed by atoms with van der Waals surface area (Å²) in [5.41, 5.74) is 4.86. The number of hydrogen-bond donors (Lipinski definition) is 3. The fraction of sp³-hybridized carbons (Fsp3) is 0.118. The van der Waals surface area contributed by atoms with E-state index in [0.717, 1.165) is 10.2 Å². The van der Waals surface area contributed by atoms with Gasteiger partial charge in [0.1, 0.15) is 0 Å². The number of halogens is 1. The van der Waals surface area contributed by atoms with Gasteiger partial charge in [0.2, 0.25) is 11.1 Å². The second-order valence-corrected chi connectivity index (χ2v) is 7.31. The van der Waals surface area contributed by atoms with Gasteiger partial charge in [-0.3, -0.25) is 9.78 Å². The number of nitrogens with one attached hydrogen (secondary N) is 2. The van der Waals surface area contributed by atoms with Crippen LogP contribution in [-0.2, 0) is 4.79 Å². The predicted molar refractivity (Wildman–Crippen MR) is 114 cm³/mol. The Balaban J connectivity index is 1.57. The number of nitrogen functional groups attached to an aromatic ring is 1. The molecule has 4 N–H and O–H groups in total. The van der Waals surface area contributed by atoms with E-state index in [1.807, 2.05) is 49.4 Å². The largest absolute Gasteiger partial charge is 0.334 e. The van der Waals surface area contributed by atoms with Crippen LogP contribution in [0.25, 0.3) is 0 Å². The van der Waals surface area contributed by atoms with E-state index < -0.39 is 0 Å². The molecule has 0 bridgehead atoms. The maximum absolute atomic E-state index is 12.1. The standard InChI is InChI=1S/C17H17BrN8OS/c1-11(13-7-4-5-9-20-13)22-23-16-24-25-17(26(16)19)28-10-15(27)21-14-8-3-2-6-12(14)18/h2-9H,10,19H2,1H3,(H,21,27)(H,23,24)/b22-11+. The Labute approximate surface area is 173 Å². The van der Waals surface area contributed by atoms with Crippen LogP contribution in [0.4, 0.5) is 11.6 Å². The van der Waals surface area contributed by atoms with E-state index >= 15 is 0 Å². The molecule has 0 unspecified atom stereocenters. The summed E-state index contributed by atoms with van der Waals surface area (Å²) < 4.78 is 2.05. The molecular weight excluding hydrogens is 444 g/mol. The van der Waals surface area contributed by atoms with Crippen molar-refractivity contribution >= 4 is 50.9 Å². The zero-order valence-corrected chi connectivity index (χ0v) is 17.2. The molecule has 11 heteroatoms. The van der Waals surface area contributed by atoms with E-state index in [-0.39, 0.29) is 17.6 Å². The molecule has 0 fully saturated rings. The van der Waals surface area contributed by atoms with Crippen molar-refractivity contribution in [3.05, 3.63) is 58.8 Å². The summed E-state index contributed by atoms with van der Waals surface area (Å²) in [6.07, 6.45) is 1.69. The summed E-state index contributed by atoms with van der Waals surface area (Å²) in [5.74, 6) is 6.18. The highest BCUT2D eigenvalue weighted by molar-refractivity contribution is 9.10. The predicted octanol–water partition coefficient (Wildman–Crippen LogP) is 2.72. The number of nitrogens with zero attached hydrogens (tertiary/aromatic N) is 5. The van der Waals surface area contributed by atoms with Crippen LogP contribution in [0.15, 0.2) is 63.4 Å². The van der Waals surface area contributed by atoms with Crippen LogP contribution in [0, 0.1) is 0 Å². The number of para-hydroxylation sites is 1. The molecule has 0 atom stereocenters. The SMILES string of the molecule is C/C(=N\Nc1nnc(SCC(=O)Nc2ccccc2Br)n1N)c1ccccn1. The first kappa shape index (κ1) is 19.8.